The summed E-state index contributed by atoms with van der Waals surface area (Å²) in [6.07, 6.45) is 24.6. The molecule has 0 saturated carbocycles. The molecule has 1 rings (SSSR count). The van der Waals surface area contributed by atoms with Gasteiger partial charge in [0, 0.05) is 52.1 Å². The molecular weight excluding hydrogens is 538 g/mol. The van der Waals surface area contributed by atoms with Gasteiger partial charge in [-0.3, -0.25) is 14.5 Å². The number of esters is 2. The normalized spacial score (nSPS) is 14.4. The maximum atomic E-state index is 12.3. The molecule has 254 valence electrons. The standard InChI is InChI=1S/C36H71N3O4/c1-4-6-8-10-12-14-16-18-20-23-35(40)42-33-31-39(26-22-25-38-29-27-37(3)28-30-38)32-34-43-36(41)24-21-19-17-15-13-11-9-7-5-2/h4-34H2,1-3H3. The summed E-state index contributed by atoms with van der Waals surface area (Å²) in [5, 5.41) is 0. The van der Waals surface area contributed by atoms with Gasteiger partial charge in [-0.25, -0.2) is 0 Å². The van der Waals surface area contributed by atoms with E-state index < -0.39 is 0 Å². The molecule has 7 heteroatoms. The van der Waals surface area contributed by atoms with Gasteiger partial charge in [0.15, 0.2) is 0 Å². The first-order chi connectivity index (χ1) is 21.0. The van der Waals surface area contributed by atoms with Crippen molar-refractivity contribution in [2.75, 3.05) is 72.6 Å². The van der Waals surface area contributed by atoms with Crippen LogP contribution < -0.4 is 0 Å². The maximum absolute atomic E-state index is 12.3. The van der Waals surface area contributed by atoms with Gasteiger partial charge in [0.05, 0.1) is 0 Å². The molecule has 1 fully saturated rings. The van der Waals surface area contributed by atoms with Crippen molar-refractivity contribution in [2.24, 2.45) is 0 Å². The zero-order chi connectivity index (χ0) is 31.2. The summed E-state index contributed by atoms with van der Waals surface area (Å²) < 4.78 is 11.2. The Bertz CT molecular complexity index is 600. The molecule has 43 heavy (non-hydrogen) atoms. The van der Waals surface area contributed by atoms with E-state index >= 15 is 0 Å². The topological polar surface area (TPSA) is 62.3 Å². The lowest BCUT2D eigenvalue weighted by molar-refractivity contribution is -0.144. The van der Waals surface area contributed by atoms with E-state index in [1.54, 1.807) is 0 Å². The predicted molar refractivity (Wildman–Crippen MR) is 181 cm³/mol. The molecule has 0 aromatic carbocycles. The molecule has 1 aliphatic heterocycles. The van der Waals surface area contributed by atoms with Gasteiger partial charge in [0.2, 0.25) is 0 Å². The summed E-state index contributed by atoms with van der Waals surface area (Å²) in [7, 11) is 2.19. The minimum absolute atomic E-state index is 0.0762. The lowest BCUT2D eigenvalue weighted by Crippen LogP contribution is -2.45. The third-order valence-corrected chi connectivity index (χ3v) is 8.85. The van der Waals surface area contributed by atoms with Crippen LogP contribution in [-0.2, 0) is 19.1 Å². The van der Waals surface area contributed by atoms with Crippen molar-refractivity contribution < 1.29 is 19.1 Å². The van der Waals surface area contributed by atoms with E-state index in [9.17, 15) is 9.59 Å². The summed E-state index contributed by atoms with van der Waals surface area (Å²) in [5.74, 6) is -0.152. The molecule has 1 saturated heterocycles. The van der Waals surface area contributed by atoms with Crippen molar-refractivity contribution in [3.63, 3.8) is 0 Å². The average molecular weight is 610 g/mol. The van der Waals surface area contributed by atoms with Crippen molar-refractivity contribution in [3.8, 4) is 0 Å². The number of hydrogen-bond donors (Lipinski definition) is 0. The Morgan fingerprint density at radius 1 is 0.535 bits per heavy atom. The van der Waals surface area contributed by atoms with Crippen LogP contribution in [0, 0.1) is 0 Å². The number of nitrogens with zero attached hydrogens (tertiary/aromatic N) is 3. The van der Waals surface area contributed by atoms with Crippen LogP contribution in [-0.4, -0.2) is 99.3 Å². The number of hydrogen-bond acceptors (Lipinski definition) is 7. The van der Waals surface area contributed by atoms with Gasteiger partial charge in [0.1, 0.15) is 13.2 Å². The third kappa shape index (κ3) is 25.8. The second kappa shape index (κ2) is 29.5. The first-order valence-corrected chi connectivity index (χ1v) is 18.5. The monoisotopic (exact) mass is 610 g/mol. The van der Waals surface area contributed by atoms with Crippen molar-refractivity contribution in [3.05, 3.63) is 0 Å². The average Bonchev–Trinajstić information content (AvgIpc) is 3.00. The SMILES string of the molecule is CCCCCCCCCCCC(=O)OCCN(CCCN1CCN(C)CC1)CCOC(=O)CCCCCCCCCCC. The van der Waals surface area contributed by atoms with Crippen LogP contribution in [0.15, 0.2) is 0 Å². The molecule has 0 bridgehead atoms. The van der Waals surface area contributed by atoms with E-state index in [-0.39, 0.29) is 11.9 Å². The van der Waals surface area contributed by atoms with Crippen molar-refractivity contribution in [2.45, 2.75) is 149 Å². The molecule has 0 N–H and O–H groups in total. The molecule has 0 radical (unpaired) electrons. The Labute approximate surface area is 266 Å². The van der Waals surface area contributed by atoms with Crippen LogP contribution in [0.4, 0.5) is 0 Å². The number of carbonyl (C=O) groups excluding carboxylic acids is 2. The van der Waals surface area contributed by atoms with E-state index in [0.717, 1.165) is 71.4 Å². The van der Waals surface area contributed by atoms with Gasteiger partial charge >= 0.3 is 11.9 Å². The van der Waals surface area contributed by atoms with E-state index in [1.807, 2.05) is 0 Å². The minimum Gasteiger partial charge on any atom is -0.464 e. The first kappa shape index (κ1) is 39.8. The fraction of sp³-hybridized carbons (Fsp3) is 0.944. The number of likely N-dealkylation sites (N-methyl/N-ethyl adjacent to an activating group) is 1. The molecule has 0 aliphatic carbocycles. The molecule has 0 unspecified atom stereocenters. The molecule has 7 nitrogen and oxygen atoms in total. The highest BCUT2D eigenvalue weighted by Gasteiger charge is 2.15. The second-order valence-electron chi connectivity index (χ2n) is 12.9. The molecule has 0 spiro atoms. The van der Waals surface area contributed by atoms with Crippen LogP contribution in [0.3, 0.4) is 0 Å². The molecule has 0 aromatic heterocycles. The number of rotatable bonds is 30. The predicted octanol–water partition coefficient (Wildman–Crippen LogP) is 7.85. The Hall–Kier alpha value is -1.18. The molecular formula is C36H71N3O4. The fourth-order valence-electron chi connectivity index (χ4n) is 5.81. The largest absolute Gasteiger partial charge is 0.464 e. The van der Waals surface area contributed by atoms with Gasteiger partial charge in [-0.1, -0.05) is 117 Å². The van der Waals surface area contributed by atoms with Crippen LogP contribution in [0.25, 0.3) is 0 Å². The molecule has 1 heterocycles. The quantitative estimate of drug-likeness (QED) is 0.0607. The van der Waals surface area contributed by atoms with E-state index in [1.165, 1.54) is 89.9 Å². The van der Waals surface area contributed by atoms with Crippen molar-refractivity contribution in [1.29, 1.82) is 0 Å². The second-order valence-corrected chi connectivity index (χ2v) is 12.9. The lowest BCUT2D eigenvalue weighted by Gasteiger charge is -2.33. The van der Waals surface area contributed by atoms with Gasteiger partial charge in [-0.2, -0.15) is 0 Å². The number of ether oxygens (including phenoxy) is 2. The Kier molecular flexibility index (Phi) is 27.4. The van der Waals surface area contributed by atoms with Gasteiger partial charge in [-0.15, -0.1) is 0 Å². The minimum atomic E-state index is -0.0762. The van der Waals surface area contributed by atoms with E-state index in [0.29, 0.717) is 39.1 Å². The summed E-state index contributed by atoms with van der Waals surface area (Å²) >= 11 is 0. The van der Waals surface area contributed by atoms with Crippen molar-refractivity contribution in [1.82, 2.24) is 14.7 Å². The number of unbranched alkanes of at least 4 members (excludes halogenated alkanes) is 16. The maximum Gasteiger partial charge on any atom is 0.305 e. The third-order valence-electron chi connectivity index (χ3n) is 8.85. The van der Waals surface area contributed by atoms with Gasteiger partial charge < -0.3 is 19.3 Å². The van der Waals surface area contributed by atoms with Gasteiger partial charge in [0.25, 0.3) is 0 Å². The fourth-order valence-corrected chi connectivity index (χ4v) is 5.81. The summed E-state index contributed by atoms with van der Waals surface area (Å²) in [4.78, 5) is 31.8. The zero-order valence-electron chi connectivity index (χ0n) is 28.9. The highest BCUT2D eigenvalue weighted by molar-refractivity contribution is 5.69. The highest BCUT2D eigenvalue weighted by Crippen LogP contribution is 2.12. The zero-order valence-corrected chi connectivity index (χ0v) is 28.9. The Morgan fingerprint density at radius 3 is 1.35 bits per heavy atom. The number of piperazine rings is 1. The summed E-state index contributed by atoms with van der Waals surface area (Å²) in [6, 6.07) is 0. The number of carbonyl (C=O) groups is 2. The van der Waals surface area contributed by atoms with Crippen LogP contribution in [0.2, 0.25) is 0 Å². The first-order valence-electron chi connectivity index (χ1n) is 18.5. The summed E-state index contributed by atoms with van der Waals surface area (Å²) in [5.41, 5.74) is 0. The highest BCUT2D eigenvalue weighted by atomic mass is 16.5. The lowest BCUT2D eigenvalue weighted by atomic mass is 10.1. The smallest absolute Gasteiger partial charge is 0.305 e. The Morgan fingerprint density at radius 2 is 0.930 bits per heavy atom. The molecule has 0 atom stereocenters. The van der Waals surface area contributed by atoms with Gasteiger partial charge in [-0.05, 0) is 39.4 Å². The van der Waals surface area contributed by atoms with Crippen molar-refractivity contribution >= 4 is 11.9 Å². The molecule has 0 amide bonds. The molecule has 0 aromatic rings. The molecule has 1 aliphatic rings. The van der Waals surface area contributed by atoms with E-state index in [4.69, 9.17) is 9.47 Å². The Balaban J connectivity index is 2.21. The van der Waals surface area contributed by atoms with Crippen LogP contribution in [0.5, 0.6) is 0 Å². The van der Waals surface area contributed by atoms with E-state index in [2.05, 4.69) is 35.6 Å². The van der Waals surface area contributed by atoms with Crippen LogP contribution in [0.1, 0.15) is 149 Å². The summed E-state index contributed by atoms with van der Waals surface area (Å²) in [6.45, 7) is 13.3. The van der Waals surface area contributed by atoms with Crippen LogP contribution >= 0.6 is 0 Å².